The molecule has 0 aromatic heterocycles. The van der Waals surface area contributed by atoms with Gasteiger partial charge in [0.2, 0.25) is 5.91 Å². The summed E-state index contributed by atoms with van der Waals surface area (Å²) in [6.45, 7) is 4.38. The van der Waals surface area contributed by atoms with E-state index in [2.05, 4.69) is 12.2 Å². The summed E-state index contributed by atoms with van der Waals surface area (Å²) in [6, 6.07) is 0. The average molecular weight is 493 g/mol. The first-order valence-electron chi connectivity index (χ1n) is 13.6. The van der Waals surface area contributed by atoms with Crippen molar-refractivity contribution in [3.8, 4) is 0 Å². The number of rotatable bonds is 24. The molecule has 0 heterocycles. The van der Waals surface area contributed by atoms with E-state index in [9.17, 15) is 19.5 Å². The minimum atomic E-state index is -1.03. The number of carbonyl (C=O) groups excluding carboxylic acids is 1. The minimum Gasteiger partial charge on any atom is -0.481 e. The molecule has 0 fully saturated rings. The van der Waals surface area contributed by atoms with Gasteiger partial charge in [0.1, 0.15) is 0 Å². The first kappa shape index (κ1) is 35.6. The molecule has 0 spiro atoms. The van der Waals surface area contributed by atoms with Crippen LogP contribution in [0.2, 0.25) is 0 Å². The maximum absolute atomic E-state index is 11.9. The van der Waals surface area contributed by atoms with Gasteiger partial charge in [-0.05, 0) is 19.3 Å². The van der Waals surface area contributed by atoms with Crippen LogP contribution in [0.3, 0.4) is 0 Å². The van der Waals surface area contributed by atoms with Crippen LogP contribution in [-0.4, -0.2) is 34.6 Å². The predicted molar refractivity (Wildman–Crippen MR) is 134 cm³/mol. The van der Waals surface area contributed by atoms with Crippen LogP contribution in [0.5, 0.6) is 0 Å². The van der Waals surface area contributed by atoms with Crippen molar-refractivity contribution in [3.63, 3.8) is 0 Å². The zero-order valence-electron chi connectivity index (χ0n) is 22.4. The molecule has 0 rings (SSSR count). The zero-order chi connectivity index (χ0) is 24.7. The van der Waals surface area contributed by atoms with Gasteiger partial charge in [0.15, 0.2) is 0 Å². The van der Waals surface area contributed by atoms with E-state index in [0.717, 1.165) is 12.8 Å². The van der Waals surface area contributed by atoms with E-state index in [1.807, 2.05) is 0 Å². The van der Waals surface area contributed by atoms with E-state index < -0.39 is 23.8 Å². The van der Waals surface area contributed by atoms with Gasteiger partial charge < -0.3 is 15.5 Å². The van der Waals surface area contributed by atoms with Gasteiger partial charge in [-0.2, -0.15) is 0 Å². The third-order valence-electron chi connectivity index (χ3n) is 6.48. The Morgan fingerprint density at radius 1 is 0.676 bits per heavy atom. The van der Waals surface area contributed by atoms with Crippen molar-refractivity contribution < 1.29 is 54.2 Å². The van der Waals surface area contributed by atoms with E-state index in [1.54, 1.807) is 0 Å². The van der Waals surface area contributed by atoms with E-state index in [-0.39, 0.29) is 54.7 Å². The molecule has 0 saturated heterocycles. The second-order valence-electron chi connectivity index (χ2n) is 9.70. The fraction of sp³-hybridized carbons (Fsp3) is 0.889. The van der Waals surface area contributed by atoms with Crippen molar-refractivity contribution in [2.45, 2.75) is 136 Å². The summed E-state index contributed by atoms with van der Waals surface area (Å²) in [5.41, 5.74) is 0. The molecule has 3 N–H and O–H groups in total. The predicted octanol–water partition coefficient (Wildman–Crippen LogP) is 3.96. The van der Waals surface area contributed by atoms with Crippen molar-refractivity contribution in [2.75, 3.05) is 6.54 Å². The van der Waals surface area contributed by atoms with Gasteiger partial charge in [-0.3, -0.25) is 14.4 Å². The maximum Gasteiger partial charge on any atom is 1.00 e. The summed E-state index contributed by atoms with van der Waals surface area (Å²) >= 11 is 0. The van der Waals surface area contributed by atoms with Crippen LogP contribution in [0.15, 0.2) is 0 Å². The number of carbonyl (C=O) groups is 3. The Hall–Kier alpha value is -0.590. The van der Waals surface area contributed by atoms with Crippen LogP contribution in [0.1, 0.15) is 136 Å². The van der Waals surface area contributed by atoms with Gasteiger partial charge in [0.05, 0.1) is 11.8 Å². The molecular formula is C27H51NNaO5+. The molecule has 194 valence electrons. The Balaban J connectivity index is 0. The summed E-state index contributed by atoms with van der Waals surface area (Å²) < 4.78 is 0. The standard InChI is InChI=1S/C27H51NO5.Na/c1-3-4-5-6-7-8-9-10-11-12-13-14-15-16-17-18-21-28-25(29)20-19-24(27(32)33)22-23(2)26(30)31;/h23-24H,3-22H2,1-2H3,(H,28,29)(H,30,31)(H,32,33);/q;+1. The number of nitrogens with one attached hydrogen (secondary N) is 1. The number of aliphatic carboxylic acids is 2. The van der Waals surface area contributed by atoms with E-state index in [0.29, 0.717) is 6.54 Å². The third kappa shape index (κ3) is 23.2. The number of carboxylic acids is 2. The molecule has 0 aliphatic heterocycles. The van der Waals surface area contributed by atoms with Gasteiger partial charge in [-0.25, -0.2) is 0 Å². The molecule has 0 aromatic rings. The molecule has 0 aliphatic carbocycles. The van der Waals surface area contributed by atoms with Gasteiger partial charge in [-0.15, -0.1) is 0 Å². The van der Waals surface area contributed by atoms with Crippen LogP contribution in [-0.2, 0) is 14.4 Å². The maximum atomic E-state index is 11.9. The third-order valence-corrected chi connectivity index (χ3v) is 6.48. The molecule has 0 saturated carbocycles. The summed E-state index contributed by atoms with van der Waals surface area (Å²) in [6.07, 6.45) is 21.4. The van der Waals surface area contributed by atoms with Crippen molar-refractivity contribution in [1.29, 1.82) is 0 Å². The molecular weight excluding hydrogens is 441 g/mol. The summed E-state index contributed by atoms with van der Waals surface area (Å²) in [4.78, 5) is 34.1. The Morgan fingerprint density at radius 3 is 1.47 bits per heavy atom. The van der Waals surface area contributed by atoms with Crippen LogP contribution in [0.4, 0.5) is 0 Å². The van der Waals surface area contributed by atoms with Gasteiger partial charge in [-0.1, -0.05) is 110 Å². The smallest absolute Gasteiger partial charge is 0.481 e. The minimum absolute atomic E-state index is 0. The summed E-state index contributed by atoms with van der Waals surface area (Å²) in [5.74, 6) is -3.70. The van der Waals surface area contributed by atoms with Crippen molar-refractivity contribution in [1.82, 2.24) is 5.32 Å². The van der Waals surface area contributed by atoms with Gasteiger partial charge >= 0.3 is 41.5 Å². The second kappa shape index (κ2) is 25.5. The van der Waals surface area contributed by atoms with Crippen molar-refractivity contribution in [2.24, 2.45) is 11.8 Å². The molecule has 7 heteroatoms. The molecule has 2 atom stereocenters. The summed E-state index contributed by atoms with van der Waals surface area (Å²) in [5, 5.41) is 21.0. The Kier molecular flexibility index (Phi) is 26.7. The average Bonchev–Trinajstić information content (AvgIpc) is 2.78. The molecule has 0 aliphatic rings. The largest absolute Gasteiger partial charge is 1.00 e. The first-order valence-corrected chi connectivity index (χ1v) is 13.6. The molecule has 0 radical (unpaired) electrons. The number of hydrogen-bond acceptors (Lipinski definition) is 3. The molecule has 0 aromatic carbocycles. The first-order chi connectivity index (χ1) is 15.9. The van der Waals surface area contributed by atoms with Crippen LogP contribution in [0.25, 0.3) is 0 Å². The number of amides is 1. The zero-order valence-corrected chi connectivity index (χ0v) is 24.4. The van der Waals surface area contributed by atoms with Crippen LogP contribution < -0.4 is 34.9 Å². The topological polar surface area (TPSA) is 104 Å². The molecule has 34 heavy (non-hydrogen) atoms. The van der Waals surface area contributed by atoms with Crippen molar-refractivity contribution >= 4 is 17.8 Å². The second-order valence-corrected chi connectivity index (χ2v) is 9.70. The Morgan fingerprint density at radius 2 is 1.09 bits per heavy atom. The molecule has 2 unspecified atom stereocenters. The van der Waals surface area contributed by atoms with E-state index >= 15 is 0 Å². The number of hydrogen-bond donors (Lipinski definition) is 3. The fourth-order valence-electron chi connectivity index (χ4n) is 4.16. The molecule has 1 amide bonds. The van der Waals surface area contributed by atoms with Crippen molar-refractivity contribution in [3.05, 3.63) is 0 Å². The number of unbranched alkanes of at least 4 members (excludes halogenated alkanes) is 15. The molecule has 6 nitrogen and oxygen atoms in total. The molecule has 0 bridgehead atoms. The van der Waals surface area contributed by atoms with E-state index in [1.165, 1.54) is 96.8 Å². The Labute approximate surface area is 230 Å². The van der Waals surface area contributed by atoms with Gasteiger partial charge in [0.25, 0.3) is 0 Å². The quantitative estimate of drug-likeness (QED) is 0.140. The number of carboxylic acid groups (broad SMARTS) is 2. The van der Waals surface area contributed by atoms with Gasteiger partial charge in [0, 0.05) is 13.0 Å². The van der Waals surface area contributed by atoms with Crippen LogP contribution in [0, 0.1) is 11.8 Å². The summed E-state index contributed by atoms with van der Waals surface area (Å²) in [7, 11) is 0. The Bertz CT molecular complexity index is 515. The van der Waals surface area contributed by atoms with E-state index in [4.69, 9.17) is 5.11 Å². The van der Waals surface area contributed by atoms with Crippen LogP contribution >= 0.6 is 0 Å². The fourth-order valence-corrected chi connectivity index (χ4v) is 4.16. The monoisotopic (exact) mass is 492 g/mol. The SMILES string of the molecule is CCCCCCCCCCCCCCCCCCNC(=O)CCC(CC(C)C(=O)O)C(=O)O.[Na+]. The normalized spacial score (nSPS) is 12.5.